The SMILES string of the molecule is CC(C)C(=O)N1CC2(CCN(c3ccc(C#N)c(C(F)(F)F)c3)CC2)CC1C(=O)N(C)C. The van der Waals surface area contributed by atoms with E-state index < -0.39 is 23.3 Å². The number of rotatable bonds is 3. The van der Waals surface area contributed by atoms with Crippen LogP contribution >= 0.6 is 0 Å². The van der Waals surface area contributed by atoms with Gasteiger partial charge in [-0.25, -0.2) is 0 Å². The summed E-state index contributed by atoms with van der Waals surface area (Å²) in [7, 11) is 3.36. The molecule has 1 aromatic rings. The Morgan fingerprint density at radius 1 is 1.22 bits per heavy atom. The highest BCUT2D eigenvalue weighted by Gasteiger charge is 2.50. The summed E-state index contributed by atoms with van der Waals surface area (Å²) in [5.41, 5.74) is -1.11. The molecule has 6 nitrogen and oxygen atoms in total. The fourth-order valence-corrected chi connectivity index (χ4v) is 4.80. The molecule has 2 fully saturated rings. The van der Waals surface area contributed by atoms with E-state index in [0.717, 1.165) is 6.07 Å². The lowest BCUT2D eigenvalue weighted by Crippen LogP contribution is -2.47. The smallest absolute Gasteiger partial charge is 0.371 e. The fraction of sp³-hybridized carbons (Fsp3) is 0.609. The summed E-state index contributed by atoms with van der Waals surface area (Å²) in [5.74, 6) is -0.367. The molecular weight excluding hydrogens is 421 g/mol. The van der Waals surface area contributed by atoms with Crippen molar-refractivity contribution < 1.29 is 22.8 Å². The highest BCUT2D eigenvalue weighted by molar-refractivity contribution is 5.89. The maximum Gasteiger partial charge on any atom is 0.417 e. The zero-order valence-electron chi connectivity index (χ0n) is 18.9. The van der Waals surface area contributed by atoms with E-state index in [1.807, 2.05) is 18.7 Å². The number of benzene rings is 1. The number of hydrogen-bond acceptors (Lipinski definition) is 4. The largest absolute Gasteiger partial charge is 0.417 e. The average Bonchev–Trinajstić information content (AvgIpc) is 3.10. The number of anilines is 1. The fourth-order valence-electron chi connectivity index (χ4n) is 4.80. The average molecular weight is 451 g/mol. The Labute approximate surface area is 186 Å². The molecule has 0 N–H and O–H groups in total. The number of nitrogens with zero attached hydrogens (tertiary/aromatic N) is 4. The van der Waals surface area contributed by atoms with Gasteiger partial charge in [-0.1, -0.05) is 13.8 Å². The van der Waals surface area contributed by atoms with Crippen molar-refractivity contribution in [2.24, 2.45) is 11.3 Å². The van der Waals surface area contributed by atoms with Gasteiger partial charge in [-0.3, -0.25) is 9.59 Å². The van der Waals surface area contributed by atoms with E-state index in [-0.39, 0.29) is 23.1 Å². The van der Waals surface area contributed by atoms with Crippen molar-refractivity contribution in [1.29, 1.82) is 5.26 Å². The summed E-state index contributed by atoms with van der Waals surface area (Å²) in [6, 6.07) is 4.91. The molecule has 9 heteroatoms. The molecule has 1 atom stereocenters. The van der Waals surface area contributed by atoms with Crippen LogP contribution in [0.5, 0.6) is 0 Å². The molecule has 0 aromatic heterocycles. The Kier molecular flexibility index (Phi) is 6.45. The van der Waals surface area contributed by atoms with Gasteiger partial charge in [-0.05, 0) is 42.9 Å². The molecule has 0 radical (unpaired) electrons. The number of nitriles is 1. The van der Waals surface area contributed by atoms with E-state index in [9.17, 15) is 22.8 Å². The van der Waals surface area contributed by atoms with Gasteiger partial charge >= 0.3 is 6.18 Å². The lowest BCUT2D eigenvalue weighted by atomic mass is 9.76. The third-order valence-electron chi connectivity index (χ3n) is 6.63. The molecule has 3 rings (SSSR count). The van der Waals surface area contributed by atoms with Crippen LogP contribution in [0, 0.1) is 22.7 Å². The first kappa shape index (κ1) is 23.9. The van der Waals surface area contributed by atoms with Gasteiger partial charge in [0.1, 0.15) is 6.04 Å². The first-order valence-electron chi connectivity index (χ1n) is 10.8. The molecule has 1 spiro atoms. The van der Waals surface area contributed by atoms with Crippen LogP contribution in [0.1, 0.15) is 44.2 Å². The number of alkyl halides is 3. The van der Waals surface area contributed by atoms with Crippen molar-refractivity contribution in [2.75, 3.05) is 38.6 Å². The van der Waals surface area contributed by atoms with Crippen molar-refractivity contribution in [1.82, 2.24) is 9.80 Å². The van der Waals surface area contributed by atoms with E-state index in [4.69, 9.17) is 5.26 Å². The molecule has 1 aromatic carbocycles. The summed E-state index contributed by atoms with van der Waals surface area (Å²) < 4.78 is 40.0. The van der Waals surface area contributed by atoms with Crippen LogP contribution in [0.15, 0.2) is 18.2 Å². The van der Waals surface area contributed by atoms with Gasteiger partial charge in [0.05, 0.1) is 17.2 Å². The van der Waals surface area contributed by atoms with Crippen LogP contribution in [0.2, 0.25) is 0 Å². The van der Waals surface area contributed by atoms with Crippen molar-refractivity contribution in [3.63, 3.8) is 0 Å². The number of carbonyl (C=O) groups is 2. The topological polar surface area (TPSA) is 67.6 Å². The number of halogens is 3. The highest BCUT2D eigenvalue weighted by Crippen LogP contribution is 2.45. The zero-order valence-corrected chi connectivity index (χ0v) is 18.9. The Bertz CT molecular complexity index is 898. The Morgan fingerprint density at radius 3 is 2.34 bits per heavy atom. The van der Waals surface area contributed by atoms with Crippen LogP contribution in [0.3, 0.4) is 0 Å². The van der Waals surface area contributed by atoms with E-state index in [1.165, 1.54) is 11.0 Å². The first-order chi connectivity index (χ1) is 14.9. The maximum atomic E-state index is 13.3. The van der Waals surface area contributed by atoms with Crippen molar-refractivity contribution in [3.8, 4) is 6.07 Å². The minimum absolute atomic E-state index is 0.0496. The summed E-state index contributed by atoms with van der Waals surface area (Å²) in [4.78, 5) is 30.7. The van der Waals surface area contributed by atoms with Gasteiger partial charge in [0.25, 0.3) is 0 Å². The van der Waals surface area contributed by atoms with Gasteiger partial charge < -0.3 is 14.7 Å². The highest BCUT2D eigenvalue weighted by atomic mass is 19.4. The van der Waals surface area contributed by atoms with Crippen LogP contribution in [0.4, 0.5) is 18.9 Å². The summed E-state index contributed by atoms with van der Waals surface area (Å²) in [6.07, 6.45) is -2.68. The third kappa shape index (κ3) is 4.54. The molecule has 2 aliphatic heterocycles. The zero-order chi connectivity index (χ0) is 23.8. The predicted octanol–water partition coefficient (Wildman–Crippen LogP) is 3.51. The molecule has 0 saturated carbocycles. The second-order valence-corrected chi connectivity index (χ2v) is 9.40. The molecule has 2 saturated heterocycles. The second kappa shape index (κ2) is 8.64. The lowest BCUT2D eigenvalue weighted by Gasteiger charge is -2.40. The maximum absolute atomic E-state index is 13.3. The van der Waals surface area contributed by atoms with E-state index in [2.05, 4.69) is 0 Å². The van der Waals surface area contributed by atoms with Gasteiger partial charge in [-0.15, -0.1) is 0 Å². The standard InChI is InChI=1S/C23H29F3N4O2/c1-15(2)20(31)30-14-22(12-19(30)21(32)28(3)4)7-9-29(10-8-22)17-6-5-16(13-27)18(11-17)23(24,25)26/h5-6,11,15,19H,7-10,12,14H2,1-4H3. The Balaban J connectivity index is 1.79. The van der Waals surface area contributed by atoms with Crippen molar-refractivity contribution in [2.45, 2.75) is 45.3 Å². The molecule has 0 bridgehead atoms. The molecule has 1 unspecified atom stereocenters. The molecule has 2 heterocycles. The molecule has 0 aliphatic carbocycles. The number of likely N-dealkylation sites (tertiary alicyclic amines) is 1. The molecule has 2 aliphatic rings. The quantitative estimate of drug-likeness (QED) is 0.707. The van der Waals surface area contributed by atoms with Crippen LogP contribution < -0.4 is 4.90 Å². The summed E-state index contributed by atoms with van der Waals surface area (Å²) in [5, 5.41) is 9.01. The van der Waals surface area contributed by atoms with Crippen molar-refractivity contribution in [3.05, 3.63) is 29.3 Å². The normalized spacial score (nSPS) is 20.5. The number of likely N-dealkylation sites (N-methyl/N-ethyl adjacent to an activating group) is 1. The van der Waals surface area contributed by atoms with Crippen LogP contribution in [-0.2, 0) is 15.8 Å². The monoisotopic (exact) mass is 450 g/mol. The number of amides is 2. The second-order valence-electron chi connectivity index (χ2n) is 9.40. The molecule has 32 heavy (non-hydrogen) atoms. The number of piperidine rings is 1. The minimum atomic E-state index is -4.60. The Hall–Kier alpha value is -2.76. The van der Waals surface area contributed by atoms with Gasteiger partial charge in [0, 0.05) is 45.3 Å². The molecule has 174 valence electrons. The van der Waals surface area contributed by atoms with Gasteiger partial charge in [0.15, 0.2) is 0 Å². The Morgan fingerprint density at radius 2 is 1.84 bits per heavy atom. The summed E-state index contributed by atoms with van der Waals surface area (Å²) in [6.45, 7) is 5.17. The van der Waals surface area contributed by atoms with E-state index >= 15 is 0 Å². The van der Waals surface area contributed by atoms with Crippen molar-refractivity contribution >= 4 is 17.5 Å². The number of hydrogen-bond donors (Lipinski definition) is 0. The predicted molar refractivity (Wildman–Crippen MR) is 114 cm³/mol. The third-order valence-corrected chi connectivity index (χ3v) is 6.63. The van der Waals surface area contributed by atoms with Gasteiger partial charge in [-0.2, -0.15) is 18.4 Å². The first-order valence-corrected chi connectivity index (χ1v) is 10.8. The van der Waals surface area contributed by atoms with Crippen LogP contribution in [0.25, 0.3) is 0 Å². The van der Waals surface area contributed by atoms with E-state index in [0.29, 0.717) is 44.6 Å². The minimum Gasteiger partial charge on any atom is -0.371 e. The van der Waals surface area contributed by atoms with E-state index in [1.54, 1.807) is 31.1 Å². The van der Waals surface area contributed by atoms with Crippen LogP contribution in [-0.4, -0.2) is 61.4 Å². The molecular formula is C23H29F3N4O2. The number of carbonyl (C=O) groups excluding carboxylic acids is 2. The summed E-state index contributed by atoms with van der Waals surface area (Å²) >= 11 is 0. The lowest BCUT2D eigenvalue weighted by molar-refractivity contribution is -0.144. The molecule has 2 amide bonds. The van der Waals surface area contributed by atoms with Gasteiger partial charge in [0.2, 0.25) is 11.8 Å².